The van der Waals surface area contributed by atoms with Crippen molar-refractivity contribution in [1.29, 1.82) is 0 Å². The number of halogens is 2. The number of esters is 1. The van der Waals surface area contributed by atoms with Gasteiger partial charge in [-0.15, -0.1) is 0 Å². The van der Waals surface area contributed by atoms with Crippen LogP contribution in [0.15, 0.2) is 106 Å². The Morgan fingerprint density at radius 3 is 2.20 bits per heavy atom. The number of nitrogens with one attached hydrogen (secondary N) is 1. The second-order valence-corrected chi connectivity index (χ2v) is 12.0. The molecule has 0 saturated carbocycles. The van der Waals surface area contributed by atoms with Gasteiger partial charge in [0.15, 0.2) is 22.2 Å². The molecule has 1 heterocycles. The fourth-order valence-electron chi connectivity index (χ4n) is 4.28. The molecule has 0 amide bonds. The van der Waals surface area contributed by atoms with Crippen LogP contribution in [0.5, 0.6) is 0 Å². The third-order valence-electron chi connectivity index (χ3n) is 6.32. The molecule has 1 aromatic heterocycles. The molecule has 4 aromatic carbocycles. The predicted molar refractivity (Wildman–Crippen MR) is 160 cm³/mol. The Labute approximate surface area is 247 Å². The summed E-state index contributed by atoms with van der Waals surface area (Å²) >= 11 is 12.6. The van der Waals surface area contributed by atoms with E-state index in [1.54, 1.807) is 30.3 Å². The van der Waals surface area contributed by atoms with E-state index in [4.69, 9.17) is 32.5 Å². The van der Waals surface area contributed by atoms with Crippen molar-refractivity contribution in [2.24, 2.45) is 0 Å². The summed E-state index contributed by atoms with van der Waals surface area (Å²) in [5.41, 5.74) is 4.53. The van der Waals surface area contributed by atoms with E-state index in [2.05, 4.69) is 10.5 Å². The van der Waals surface area contributed by atoms with E-state index in [1.807, 2.05) is 54.6 Å². The van der Waals surface area contributed by atoms with Crippen molar-refractivity contribution in [3.63, 3.8) is 0 Å². The fourth-order valence-corrected chi connectivity index (χ4v) is 5.41. The highest BCUT2D eigenvalue weighted by Crippen LogP contribution is 2.36. The van der Waals surface area contributed by atoms with Crippen LogP contribution in [0.3, 0.4) is 0 Å². The minimum absolute atomic E-state index is 0.0245. The summed E-state index contributed by atoms with van der Waals surface area (Å²) in [6.07, 6.45) is 1.13. The minimum atomic E-state index is -3.37. The molecule has 0 bridgehead atoms. The minimum Gasteiger partial charge on any atom is -0.457 e. The van der Waals surface area contributed by atoms with E-state index in [-0.39, 0.29) is 17.9 Å². The summed E-state index contributed by atoms with van der Waals surface area (Å²) in [5, 5.41) is 8.37. The maximum absolute atomic E-state index is 13.0. The molecule has 208 valence electrons. The van der Waals surface area contributed by atoms with E-state index in [0.717, 1.165) is 11.8 Å². The van der Waals surface area contributed by atoms with E-state index in [9.17, 15) is 13.2 Å². The van der Waals surface area contributed by atoms with Gasteiger partial charge in [-0.2, -0.15) is 0 Å². The summed E-state index contributed by atoms with van der Waals surface area (Å²) in [6.45, 7) is -0.173. The monoisotopic (exact) mass is 606 g/mol. The Morgan fingerprint density at radius 1 is 0.854 bits per heavy atom. The zero-order chi connectivity index (χ0) is 29.0. The lowest BCUT2D eigenvalue weighted by molar-refractivity contribution is -0.144. The molecule has 10 heteroatoms. The highest BCUT2D eigenvalue weighted by molar-refractivity contribution is 7.90. The van der Waals surface area contributed by atoms with Crippen LogP contribution in [0.25, 0.3) is 22.4 Å². The topological polar surface area (TPSA) is 98.5 Å². The number of sulfone groups is 1. The van der Waals surface area contributed by atoms with Crippen molar-refractivity contribution in [2.45, 2.75) is 17.9 Å². The first kappa shape index (κ1) is 28.4. The maximum atomic E-state index is 13.0. The maximum Gasteiger partial charge on any atom is 0.310 e. The van der Waals surface area contributed by atoms with Crippen molar-refractivity contribution < 1.29 is 22.5 Å². The van der Waals surface area contributed by atoms with Gasteiger partial charge in [0.05, 0.1) is 32.6 Å². The lowest BCUT2D eigenvalue weighted by Gasteiger charge is -2.14. The first-order valence-electron chi connectivity index (χ1n) is 12.5. The smallest absolute Gasteiger partial charge is 0.310 e. The van der Waals surface area contributed by atoms with Crippen LogP contribution < -0.4 is 5.32 Å². The summed E-state index contributed by atoms with van der Waals surface area (Å²) in [6, 6.07) is 28.3. The van der Waals surface area contributed by atoms with Gasteiger partial charge < -0.3 is 14.6 Å². The molecule has 0 atom stereocenters. The predicted octanol–water partition coefficient (Wildman–Crippen LogP) is 7.75. The number of hydrogen-bond acceptors (Lipinski definition) is 7. The number of anilines is 2. The quantitative estimate of drug-likeness (QED) is 0.171. The van der Waals surface area contributed by atoms with E-state index < -0.39 is 15.8 Å². The van der Waals surface area contributed by atoms with Crippen LogP contribution in [0, 0.1) is 0 Å². The van der Waals surface area contributed by atoms with Gasteiger partial charge in [0.2, 0.25) is 0 Å². The van der Waals surface area contributed by atoms with Gasteiger partial charge in [-0.05, 0) is 41.5 Å². The number of carbonyl (C=O) groups is 1. The standard InChI is InChI=1S/C31H24Cl2N2O5S/c1-41(37,38)23-16-14-20(15-17-23)29-27(40-35-30(29)21-8-3-2-4-9-21)19-39-28(36)18-22-10-5-6-13-26(22)34-31-24(32)11-7-12-25(31)33/h2-17,34H,18-19H2,1H3. The molecule has 0 radical (unpaired) electrons. The average molecular weight is 608 g/mol. The molecule has 0 fully saturated rings. The molecule has 0 aliphatic carbocycles. The highest BCUT2D eigenvalue weighted by Gasteiger charge is 2.22. The van der Waals surface area contributed by atoms with Crippen molar-refractivity contribution in [3.8, 4) is 22.4 Å². The number of para-hydroxylation sites is 2. The van der Waals surface area contributed by atoms with Gasteiger partial charge >= 0.3 is 5.97 Å². The van der Waals surface area contributed by atoms with Crippen LogP contribution in [0.2, 0.25) is 10.0 Å². The first-order chi connectivity index (χ1) is 19.7. The summed E-state index contributed by atoms with van der Waals surface area (Å²) in [4.78, 5) is 13.2. The lowest BCUT2D eigenvalue weighted by atomic mass is 9.99. The Morgan fingerprint density at radius 2 is 1.51 bits per heavy atom. The molecule has 0 saturated heterocycles. The van der Waals surface area contributed by atoms with Gasteiger partial charge in [-0.3, -0.25) is 4.79 Å². The Hall–Kier alpha value is -4.11. The molecular weight excluding hydrogens is 583 g/mol. The van der Waals surface area contributed by atoms with Crippen LogP contribution >= 0.6 is 23.2 Å². The molecule has 5 aromatic rings. The average Bonchev–Trinajstić information content (AvgIpc) is 3.39. The lowest BCUT2D eigenvalue weighted by Crippen LogP contribution is -2.10. The van der Waals surface area contributed by atoms with Crippen LogP contribution in [0.1, 0.15) is 11.3 Å². The number of carbonyl (C=O) groups excluding carboxylic acids is 1. The molecule has 0 unspecified atom stereocenters. The molecular formula is C31H24Cl2N2O5S. The highest BCUT2D eigenvalue weighted by atomic mass is 35.5. The van der Waals surface area contributed by atoms with E-state index in [1.165, 1.54) is 12.1 Å². The van der Waals surface area contributed by atoms with Gasteiger partial charge in [-0.25, -0.2) is 8.42 Å². The number of hydrogen-bond donors (Lipinski definition) is 1. The third kappa shape index (κ3) is 6.62. The van der Waals surface area contributed by atoms with Gasteiger partial charge in [-0.1, -0.05) is 95.1 Å². The molecule has 5 rings (SSSR count). The zero-order valence-electron chi connectivity index (χ0n) is 21.8. The van der Waals surface area contributed by atoms with Crippen LogP contribution in [-0.4, -0.2) is 25.8 Å². The second-order valence-electron chi connectivity index (χ2n) is 9.21. The SMILES string of the molecule is CS(=O)(=O)c1ccc(-c2c(-c3ccccc3)noc2COC(=O)Cc2ccccc2Nc2c(Cl)cccc2Cl)cc1. The first-order valence-corrected chi connectivity index (χ1v) is 15.1. The molecule has 0 aliphatic heterocycles. The molecule has 0 aliphatic rings. The third-order valence-corrected chi connectivity index (χ3v) is 8.08. The zero-order valence-corrected chi connectivity index (χ0v) is 24.1. The molecule has 7 nitrogen and oxygen atoms in total. The van der Waals surface area contributed by atoms with Crippen molar-refractivity contribution in [1.82, 2.24) is 5.16 Å². The van der Waals surface area contributed by atoms with Gasteiger partial charge in [0.25, 0.3) is 0 Å². The number of rotatable bonds is 9. The Kier molecular flexibility index (Phi) is 8.44. The fraction of sp³-hybridized carbons (Fsp3) is 0.0968. The van der Waals surface area contributed by atoms with Crippen LogP contribution in [-0.2, 0) is 32.4 Å². The number of ether oxygens (including phenoxy) is 1. The Bertz CT molecular complexity index is 1780. The van der Waals surface area contributed by atoms with Gasteiger partial charge in [0.1, 0.15) is 5.69 Å². The summed E-state index contributed by atoms with van der Waals surface area (Å²) in [7, 11) is -3.37. The summed E-state index contributed by atoms with van der Waals surface area (Å²) < 4.78 is 35.2. The molecule has 41 heavy (non-hydrogen) atoms. The molecule has 1 N–H and O–H groups in total. The second kappa shape index (κ2) is 12.2. The number of aromatic nitrogens is 1. The largest absolute Gasteiger partial charge is 0.457 e. The number of benzene rings is 4. The van der Waals surface area contributed by atoms with E-state index in [0.29, 0.717) is 49.6 Å². The van der Waals surface area contributed by atoms with Crippen molar-refractivity contribution in [3.05, 3.63) is 118 Å². The Balaban J connectivity index is 1.38. The number of nitrogens with zero attached hydrogens (tertiary/aromatic N) is 1. The van der Waals surface area contributed by atoms with Crippen molar-refractivity contribution in [2.75, 3.05) is 11.6 Å². The normalized spacial score (nSPS) is 11.3. The summed E-state index contributed by atoms with van der Waals surface area (Å²) in [5.74, 6) is -0.154. The van der Waals surface area contributed by atoms with E-state index >= 15 is 0 Å². The molecule has 0 spiro atoms. The van der Waals surface area contributed by atoms with Gasteiger partial charge in [0, 0.05) is 17.5 Å². The van der Waals surface area contributed by atoms with Crippen molar-refractivity contribution >= 4 is 50.4 Å². The van der Waals surface area contributed by atoms with Crippen LogP contribution in [0.4, 0.5) is 11.4 Å².